The number of benzene rings is 1. The third-order valence-corrected chi connectivity index (χ3v) is 6.30. The summed E-state index contributed by atoms with van der Waals surface area (Å²) >= 11 is 1.26. The highest BCUT2D eigenvalue weighted by molar-refractivity contribution is 7.90. The first kappa shape index (κ1) is 20.4. The van der Waals surface area contributed by atoms with E-state index in [0.29, 0.717) is 11.7 Å². The van der Waals surface area contributed by atoms with Gasteiger partial charge in [-0.1, -0.05) is 6.42 Å². The molecule has 11 heteroatoms. The lowest BCUT2D eigenvalue weighted by Gasteiger charge is -2.25. The van der Waals surface area contributed by atoms with Crippen LogP contribution in [0.1, 0.15) is 35.3 Å². The minimum atomic E-state index is -3.70. The first-order valence-electron chi connectivity index (χ1n) is 8.70. The van der Waals surface area contributed by atoms with E-state index in [1.165, 1.54) is 30.6 Å². The van der Waals surface area contributed by atoms with Crippen molar-refractivity contribution in [2.24, 2.45) is 0 Å². The number of likely N-dealkylation sites (tertiary alicyclic amines) is 1. The molecule has 1 saturated heterocycles. The molecule has 1 aromatic carbocycles. The van der Waals surface area contributed by atoms with Crippen LogP contribution in [0.4, 0.5) is 10.8 Å². The maximum atomic E-state index is 12.5. The molecular weight excluding hydrogens is 404 g/mol. The molecule has 150 valence electrons. The van der Waals surface area contributed by atoms with Gasteiger partial charge in [-0.15, -0.1) is 11.3 Å². The maximum absolute atomic E-state index is 12.5. The first-order valence-corrected chi connectivity index (χ1v) is 11.5. The topological polar surface area (TPSA) is 123 Å². The lowest BCUT2D eigenvalue weighted by atomic mass is 10.1. The number of rotatable bonds is 6. The van der Waals surface area contributed by atoms with Crippen molar-refractivity contribution < 1.29 is 18.1 Å². The number of carbonyl (C=O) groups excluding carboxylic acids is 1. The van der Waals surface area contributed by atoms with Gasteiger partial charge >= 0.3 is 0 Å². The van der Waals surface area contributed by atoms with Crippen molar-refractivity contribution in [3.05, 3.63) is 45.0 Å². The molecular formula is C17H20N4O5S2. The Labute approximate surface area is 166 Å². The molecule has 2 heterocycles. The Morgan fingerprint density at radius 1 is 1.29 bits per heavy atom. The summed E-state index contributed by atoms with van der Waals surface area (Å²) in [6, 6.07) is 3.11. The number of sulfone groups is 1. The summed E-state index contributed by atoms with van der Waals surface area (Å²) in [6.07, 6.45) is 4.52. The second-order valence-corrected chi connectivity index (χ2v) is 9.55. The van der Waals surface area contributed by atoms with E-state index in [1.807, 2.05) is 5.38 Å². The number of non-ortho nitro benzene ring substituents is 1. The van der Waals surface area contributed by atoms with E-state index in [9.17, 15) is 23.3 Å². The van der Waals surface area contributed by atoms with E-state index in [4.69, 9.17) is 0 Å². The average Bonchev–Trinajstić information content (AvgIpc) is 3.08. The molecule has 0 spiro atoms. The highest BCUT2D eigenvalue weighted by atomic mass is 32.2. The third-order valence-electron chi connectivity index (χ3n) is 4.40. The molecule has 0 saturated carbocycles. The minimum absolute atomic E-state index is 0.109. The van der Waals surface area contributed by atoms with Gasteiger partial charge in [0.15, 0.2) is 15.0 Å². The lowest BCUT2D eigenvalue weighted by molar-refractivity contribution is -0.385. The standard InChI is InChI=1S/C17H20N4O5S2/c1-28(25,26)15-8-12(7-14(9-15)21(23)24)16(22)19-17-18-13(11-27-17)10-20-5-3-2-4-6-20/h7-9,11H,2-6,10H2,1H3,(H,18,19,22). The highest BCUT2D eigenvalue weighted by Crippen LogP contribution is 2.23. The molecule has 3 rings (SSSR count). The zero-order valence-electron chi connectivity index (χ0n) is 15.3. The summed E-state index contributed by atoms with van der Waals surface area (Å²) in [6.45, 7) is 2.77. The maximum Gasteiger partial charge on any atom is 0.271 e. The molecule has 2 aromatic rings. The Morgan fingerprint density at radius 2 is 2.00 bits per heavy atom. The Morgan fingerprint density at radius 3 is 2.64 bits per heavy atom. The molecule has 1 aliphatic rings. The number of hydrogen-bond acceptors (Lipinski definition) is 8. The van der Waals surface area contributed by atoms with Crippen molar-refractivity contribution in [2.75, 3.05) is 24.7 Å². The van der Waals surface area contributed by atoms with Gasteiger partial charge in [0, 0.05) is 35.9 Å². The van der Waals surface area contributed by atoms with Gasteiger partial charge in [-0.25, -0.2) is 13.4 Å². The molecule has 1 fully saturated rings. The summed E-state index contributed by atoms with van der Waals surface area (Å²) in [4.78, 5) is 29.3. The van der Waals surface area contributed by atoms with Gasteiger partial charge in [-0.2, -0.15) is 0 Å². The number of nitrogens with one attached hydrogen (secondary N) is 1. The number of nitrogens with zero attached hydrogens (tertiary/aromatic N) is 3. The number of amides is 1. The largest absolute Gasteiger partial charge is 0.298 e. The van der Waals surface area contributed by atoms with Crippen molar-refractivity contribution in [1.82, 2.24) is 9.88 Å². The van der Waals surface area contributed by atoms with Gasteiger partial charge in [0.25, 0.3) is 11.6 Å². The molecule has 0 aliphatic carbocycles. The fourth-order valence-electron chi connectivity index (χ4n) is 2.99. The first-order chi connectivity index (χ1) is 13.2. The molecule has 1 aliphatic heterocycles. The average molecular weight is 425 g/mol. The summed E-state index contributed by atoms with van der Waals surface area (Å²) in [7, 11) is -3.70. The van der Waals surface area contributed by atoms with E-state index < -0.39 is 26.4 Å². The Bertz CT molecular complexity index is 997. The molecule has 0 unspecified atom stereocenters. The van der Waals surface area contributed by atoms with Gasteiger partial charge < -0.3 is 0 Å². The van der Waals surface area contributed by atoms with Crippen molar-refractivity contribution in [2.45, 2.75) is 30.7 Å². The van der Waals surface area contributed by atoms with Crippen LogP contribution in [0, 0.1) is 10.1 Å². The number of carbonyl (C=O) groups is 1. The SMILES string of the molecule is CS(=O)(=O)c1cc(C(=O)Nc2nc(CN3CCCCC3)cs2)cc([N+](=O)[O-])c1. The molecule has 1 aromatic heterocycles. The molecule has 28 heavy (non-hydrogen) atoms. The van der Waals surface area contributed by atoms with Gasteiger partial charge in [-0.05, 0) is 32.0 Å². The van der Waals surface area contributed by atoms with E-state index in [-0.39, 0.29) is 10.5 Å². The second-order valence-electron chi connectivity index (χ2n) is 6.68. The van der Waals surface area contributed by atoms with Crippen LogP contribution in [0.15, 0.2) is 28.5 Å². The number of piperidine rings is 1. The van der Waals surface area contributed by atoms with Crippen molar-refractivity contribution >= 4 is 37.9 Å². The van der Waals surface area contributed by atoms with E-state index >= 15 is 0 Å². The van der Waals surface area contributed by atoms with Crippen LogP contribution in [0.2, 0.25) is 0 Å². The highest BCUT2D eigenvalue weighted by Gasteiger charge is 2.20. The van der Waals surface area contributed by atoms with E-state index in [2.05, 4.69) is 15.2 Å². The second kappa shape index (κ2) is 8.33. The summed E-state index contributed by atoms with van der Waals surface area (Å²) in [5.74, 6) is -0.646. The van der Waals surface area contributed by atoms with Crippen molar-refractivity contribution in [3.8, 4) is 0 Å². The molecule has 0 radical (unpaired) electrons. The van der Waals surface area contributed by atoms with Crippen molar-refractivity contribution in [1.29, 1.82) is 0 Å². The number of nitro benzene ring substituents is 1. The van der Waals surface area contributed by atoms with Crippen LogP contribution in [-0.2, 0) is 16.4 Å². The van der Waals surface area contributed by atoms with Crippen LogP contribution >= 0.6 is 11.3 Å². The van der Waals surface area contributed by atoms with Gasteiger partial charge in [0.2, 0.25) is 0 Å². The fraction of sp³-hybridized carbons (Fsp3) is 0.412. The molecule has 9 nitrogen and oxygen atoms in total. The van der Waals surface area contributed by atoms with Crippen molar-refractivity contribution in [3.63, 3.8) is 0 Å². The summed E-state index contributed by atoms with van der Waals surface area (Å²) in [5.41, 5.74) is 0.276. The monoisotopic (exact) mass is 424 g/mol. The zero-order chi connectivity index (χ0) is 20.3. The normalized spacial score (nSPS) is 15.3. The molecule has 0 bridgehead atoms. The van der Waals surface area contributed by atoms with Crippen LogP contribution < -0.4 is 5.32 Å². The lowest BCUT2D eigenvalue weighted by Crippen LogP contribution is -2.29. The van der Waals surface area contributed by atoms with Gasteiger partial charge in [-0.3, -0.25) is 25.1 Å². The summed E-state index contributed by atoms with van der Waals surface area (Å²) in [5, 5.41) is 15.9. The fourth-order valence-corrected chi connectivity index (χ4v) is 4.36. The quantitative estimate of drug-likeness (QED) is 0.559. The van der Waals surface area contributed by atoms with Crippen LogP contribution in [0.25, 0.3) is 0 Å². The number of aromatic nitrogens is 1. The van der Waals surface area contributed by atoms with E-state index in [1.54, 1.807) is 0 Å². The predicted molar refractivity (Wildman–Crippen MR) is 105 cm³/mol. The Balaban J connectivity index is 1.76. The Kier molecular flexibility index (Phi) is 6.06. The molecule has 0 atom stereocenters. The van der Waals surface area contributed by atoms with Gasteiger partial charge in [0.05, 0.1) is 15.5 Å². The minimum Gasteiger partial charge on any atom is -0.298 e. The van der Waals surface area contributed by atoms with Crippen LogP contribution in [0.3, 0.4) is 0 Å². The Hall–Kier alpha value is -2.37. The number of anilines is 1. The molecule has 1 amide bonds. The van der Waals surface area contributed by atoms with Crippen LogP contribution in [-0.4, -0.2) is 48.5 Å². The number of hydrogen-bond donors (Lipinski definition) is 1. The number of thiazole rings is 1. The predicted octanol–water partition coefficient (Wildman–Crippen LogP) is 2.69. The van der Waals surface area contributed by atoms with Gasteiger partial charge in [0.1, 0.15) is 0 Å². The zero-order valence-corrected chi connectivity index (χ0v) is 16.9. The number of nitro groups is 1. The smallest absolute Gasteiger partial charge is 0.271 e. The summed E-state index contributed by atoms with van der Waals surface area (Å²) < 4.78 is 23.5. The van der Waals surface area contributed by atoms with Crippen LogP contribution in [0.5, 0.6) is 0 Å². The third kappa shape index (κ3) is 5.12. The molecule has 1 N–H and O–H groups in total. The van der Waals surface area contributed by atoms with E-state index in [0.717, 1.165) is 43.2 Å².